The van der Waals surface area contributed by atoms with E-state index >= 15 is 0 Å². The molecule has 2 rings (SSSR count). The third-order valence-corrected chi connectivity index (χ3v) is 3.59. The van der Waals surface area contributed by atoms with E-state index < -0.39 is 0 Å². The van der Waals surface area contributed by atoms with Crippen LogP contribution < -0.4 is 15.4 Å². The Morgan fingerprint density at radius 1 is 1.40 bits per heavy atom. The van der Waals surface area contributed by atoms with Gasteiger partial charge in [-0.1, -0.05) is 19.1 Å². The summed E-state index contributed by atoms with van der Waals surface area (Å²) in [4.78, 5) is 13.9. The summed E-state index contributed by atoms with van der Waals surface area (Å²) < 4.78 is 5.35. The number of nitrogens with one attached hydrogen (secondary N) is 2. The summed E-state index contributed by atoms with van der Waals surface area (Å²) in [5.41, 5.74) is 2.27. The van der Waals surface area contributed by atoms with E-state index in [9.17, 15) is 4.79 Å². The van der Waals surface area contributed by atoms with Crippen molar-refractivity contribution >= 4 is 6.03 Å². The van der Waals surface area contributed by atoms with E-state index in [1.54, 1.807) is 7.11 Å². The zero-order valence-corrected chi connectivity index (χ0v) is 12.2. The number of amides is 2. The summed E-state index contributed by atoms with van der Waals surface area (Å²) in [6.45, 7) is 5.87. The molecule has 0 radical (unpaired) electrons. The van der Waals surface area contributed by atoms with E-state index in [0.29, 0.717) is 6.54 Å². The maximum Gasteiger partial charge on any atom is 0.317 e. The maximum atomic E-state index is 12.1. The van der Waals surface area contributed by atoms with Gasteiger partial charge in [0.25, 0.3) is 0 Å². The molecular weight excluding hydrogens is 254 g/mol. The second kappa shape index (κ2) is 7.14. The van der Waals surface area contributed by atoms with E-state index in [2.05, 4.69) is 29.7 Å². The first-order chi connectivity index (χ1) is 9.74. The molecule has 110 valence electrons. The molecule has 1 saturated heterocycles. The molecule has 5 heteroatoms. The van der Waals surface area contributed by atoms with Crippen LogP contribution in [-0.4, -0.2) is 44.2 Å². The predicted octanol–water partition coefficient (Wildman–Crippen LogP) is 1.37. The van der Waals surface area contributed by atoms with Gasteiger partial charge in [0.2, 0.25) is 0 Å². The standard InChI is InChI=1S/C15H23N3O2/c1-3-12-4-5-14(20-2)13(10-12)11-17-15(19)18-8-6-16-7-9-18/h4-5,10,16H,3,6-9,11H2,1-2H3,(H,17,19). The minimum atomic E-state index is -0.00421. The van der Waals surface area contributed by atoms with Gasteiger partial charge in [-0.2, -0.15) is 0 Å². The highest BCUT2D eigenvalue weighted by Gasteiger charge is 2.16. The van der Waals surface area contributed by atoms with Gasteiger partial charge in [-0.3, -0.25) is 0 Å². The third kappa shape index (κ3) is 3.63. The Morgan fingerprint density at radius 2 is 2.15 bits per heavy atom. The van der Waals surface area contributed by atoms with Gasteiger partial charge in [0.15, 0.2) is 0 Å². The van der Waals surface area contributed by atoms with E-state index in [0.717, 1.165) is 43.9 Å². The van der Waals surface area contributed by atoms with Crippen LogP contribution in [0, 0.1) is 0 Å². The number of aryl methyl sites for hydroxylation is 1. The summed E-state index contributed by atoms with van der Waals surface area (Å²) in [6.07, 6.45) is 0.975. The smallest absolute Gasteiger partial charge is 0.317 e. The second-order valence-electron chi connectivity index (χ2n) is 4.90. The van der Waals surface area contributed by atoms with E-state index in [1.165, 1.54) is 5.56 Å². The number of rotatable bonds is 4. The maximum absolute atomic E-state index is 12.1. The highest BCUT2D eigenvalue weighted by Crippen LogP contribution is 2.20. The van der Waals surface area contributed by atoms with E-state index in [4.69, 9.17) is 4.74 Å². The summed E-state index contributed by atoms with van der Waals surface area (Å²) in [5.74, 6) is 0.822. The molecule has 2 amide bonds. The SMILES string of the molecule is CCc1ccc(OC)c(CNC(=O)N2CCNCC2)c1. The zero-order valence-electron chi connectivity index (χ0n) is 12.2. The van der Waals surface area contributed by atoms with Gasteiger partial charge in [-0.05, 0) is 18.1 Å². The van der Waals surface area contributed by atoms with Crippen molar-refractivity contribution in [1.29, 1.82) is 0 Å². The molecule has 20 heavy (non-hydrogen) atoms. The average Bonchev–Trinajstić information content (AvgIpc) is 2.53. The summed E-state index contributed by atoms with van der Waals surface area (Å²) in [5, 5.41) is 6.21. The molecule has 1 aromatic rings. The van der Waals surface area contributed by atoms with E-state index in [-0.39, 0.29) is 6.03 Å². The minimum Gasteiger partial charge on any atom is -0.496 e. The Hall–Kier alpha value is -1.75. The van der Waals surface area contributed by atoms with Gasteiger partial charge in [-0.15, -0.1) is 0 Å². The van der Waals surface area contributed by atoms with Crippen molar-refractivity contribution in [3.8, 4) is 5.75 Å². The molecular formula is C15H23N3O2. The molecule has 0 bridgehead atoms. The van der Waals surface area contributed by atoms with Crippen molar-refractivity contribution in [2.75, 3.05) is 33.3 Å². The number of urea groups is 1. The lowest BCUT2D eigenvalue weighted by Crippen LogP contribution is -2.50. The lowest BCUT2D eigenvalue weighted by atomic mass is 10.1. The fourth-order valence-electron chi connectivity index (χ4n) is 2.34. The van der Waals surface area contributed by atoms with Gasteiger partial charge >= 0.3 is 6.03 Å². The lowest BCUT2D eigenvalue weighted by molar-refractivity contribution is 0.189. The van der Waals surface area contributed by atoms with Crippen molar-refractivity contribution in [3.05, 3.63) is 29.3 Å². The summed E-state index contributed by atoms with van der Waals surface area (Å²) in [6, 6.07) is 6.11. The van der Waals surface area contributed by atoms with Crippen LogP contribution in [0.15, 0.2) is 18.2 Å². The third-order valence-electron chi connectivity index (χ3n) is 3.59. The summed E-state index contributed by atoms with van der Waals surface area (Å²) >= 11 is 0. The molecule has 1 aliphatic rings. The van der Waals surface area contributed by atoms with Crippen LogP contribution in [0.1, 0.15) is 18.1 Å². The molecule has 0 unspecified atom stereocenters. The second-order valence-corrected chi connectivity index (χ2v) is 4.90. The Morgan fingerprint density at radius 3 is 2.80 bits per heavy atom. The molecule has 0 aliphatic carbocycles. The molecule has 1 aliphatic heterocycles. The van der Waals surface area contributed by atoms with Crippen molar-refractivity contribution in [3.63, 3.8) is 0 Å². The first kappa shape index (κ1) is 14.7. The Balaban J connectivity index is 1.96. The zero-order chi connectivity index (χ0) is 14.4. The highest BCUT2D eigenvalue weighted by atomic mass is 16.5. The van der Waals surface area contributed by atoms with Crippen molar-refractivity contribution in [2.24, 2.45) is 0 Å². The number of ether oxygens (including phenoxy) is 1. The number of benzene rings is 1. The molecule has 0 aromatic heterocycles. The van der Waals surface area contributed by atoms with Crippen molar-refractivity contribution < 1.29 is 9.53 Å². The van der Waals surface area contributed by atoms with Crippen LogP contribution in [-0.2, 0) is 13.0 Å². The lowest BCUT2D eigenvalue weighted by Gasteiger charge is -2.27. The number of hydrogen-bond donors (Lipinski definition) is 2. The number of hydrogen-bond acceptors (Lipinski definition) is 3. The Labute approximate surface area is 120 Å². The predicted molar refractivity (Wildman–Crippen MR) is 79.1 cm³/mol. The molecule has 0 atom stereocenters. The molecule has 0 spiro atoms. The topological polar surface area (TPSA) is 53.6 Å². The first-order valence-electron chi connectivity index (χ1n) is 7.14. The monoisotopic (exact) mass is 277 g/mol. The Kier molecular flexibility index (Phi) is 5.24. The summed E-state index contributed by atoms with van der Waals surface area (Å²) in [7, 11) is 1.66. The fourth-order valence-corrected chi connectivity index (χ4v) is 2.34. The van der Waals surface area contributed by atoms with Crippen molar-refractivity contribution in [2.45, 2.75) is 19.9 Å². The van der Waals surface area contributed by atoms with Gasteiger partial charge in [0.05, 0.1) is 7.11 Å². The minimum absolute atomic E-state index is 0.00421. The number of piperazine rings is 1. The van der Waals surface area contributed by atoms with Gasteiger partial charge < -0.3 is 20.3 Å². The number of carbonyl (C=O) groups excluding carboxylic acids is 1. The molecule has 1 heterocycles. The first-order valence-corrected chi connectivity index (χ1v) is 7.14. The molecule has 2 N–H and O–H groups in total. The quantitative estimate of drug-likeness (QED) is 0.874. The van der Waals surface area contributed by atoms with Crippen LogP contribution >= 0.6 is 0 Å². The van der Waals surface area contributed by atoms with Gasteiger partial charge in [0.1, 0.15) is 5.75 Å². The fraction of sp³-hybridized carbons (Fsp3) is 0.533. The van der Waals surface area contributed by atoms with E-state index in [1.807, 2.05) is 11.0 Å². The number of carbonyl (C=O) groups is 1. The highest BCUT2D eigenvalue weighted by molar-refractivity contribution is 5.74. The molecule has 1 fully saturated rings. The molecule has 0 saturated carbocycles. The molecule has 5 nitrogen and oxygen atoms in total. The van der Waals surface area contributed by atoms with Crippen LogP contribution in [0.5, 0.6) is 5.75 Å². The Bertz CT molecular complexity index is 456. The van der Waals surface area contributed by atoms with Crippen LogP contribution in [0.25, 0.3) is 0 Å². The van der Waals surface area contributed by atoms with Crippen LogP contribution in [0.4, 0.5) is 4.79 Å². The van der Waals surface area contributed by atoms with Crippen molar-refractivity contribution in [1.82, 2.24) is 15.5 Å². The number of nitrogens with zero attached hydrogens (tertiary/aromatic N) is 1. The normalized spacial score (nSPS) is 15.0. The molecule has 1 aromatic carbocycles. The largest absolute Gasteiger partial charge is 0.496 e. The van der Waals surface area contributed by atoms with Gasteiger partial charge in [0, 0.05) is 38.3 Å². The van der Waals surface area contributed by atoms with Crippen LogP contribution in [0.2, 0.25) is 0 Å². The average molecular weight is 277 g/mol. The van der Waals surface area contributed by atoms with Crippen LogP contribution in [0.3, 0.4) is 0 Å². The number of methoxy groups -OCH3 is 1. The van der Waals surface area contributed by atoms with Gasteiger partial charge in [-0.25, -0.2) is 4.79 Å².